The molecular formula is C39H41F6N5O7S. The molecule has 58 heavy (non-hydrogen) atoms. The van der Waals surface area contributed by atoms with Crippen LogP contribution in [0, 0.1) is 0 Å². The lowest BCUT2D eigenvalue weighted by atomic mass is 9.89. The molecule has 1 spiro atoms. The molecule has 4 heterocycles. The number of halogens is 6. The number of piperidine rings is 1. The van der Waals surface area contributed by atoms with Gasteiger partial charge in [0.15, 0.2) is 10.8 Å². The molecule has 2 aliphatic rings. The van der Waals surface area contributed by atoms with Crippen LogP contribution >= 0.6 is 11.3 Å². The van der Waals surface area contributed by atoms with Gasteiger partial charge in [-0.15, -0.1) is 11.3 Å². The van der Waals surface area contributed by atoms with Crippen molar-refractivity contribution < 1.29 is 54.9 Å². The molecule has 2 saturated heterocycles. The number of likely N-dealkylation sites (tertiary alicyclic amines) is 1. The van der Waals surface area contributed by atoms with Crippen molar-refractivity contribution in [2.45, 2.75) is 69.6 Å². The number of esters is 2. The van der Waals surface area contributed by atoms with Gasteiger partial charge in [-0.2, -0.15) is 26.3 Å². The number of amides is 1. The van der Waals surface area contributed by atoms with Gasteiger partial charge < -0.3 is 29.4 Å². The molecule has 2 aliphatic heterocycles. The first-order chi connectivity index (χ1) is 27.4. The number of alkyl halides is 6. The Morgan fingerprint density at radius 3 is 2.40 bits per heavy atom. The quantitative estimate of drug-likeness (QED) is 0.0749. The summed E-state index contributed by atoms with van der Waals surface area (Å²) in [5.41, 5.74) is 1.15. The Morgan fingerprint density at radius 2 is 1.71 bits per heavy atom. The fraction of sp³-hybridized carbons (Fsp3) is 0.462. The highest BCUT2D eigenvalue weighted by molar-refractivity contribution is 7.11. The van der Waals surface area contributed by atoms with Crippen LogP contribution in [-0.2, 0) is 32.0 Å². The molecule has 0 saturated carbocycles. The minimum absolute atomic E-state index is 0.0666. The second-order valence-corrected chi connectivity index (χ2v) is 15.4. The molecule has 19 heteroatoms. The number of thiazole rings is 1. The van der Waals surface area contributed by atoms with Crippen LogP contribution in [0.4, 0.5) is 26.3 Å². The zero-order valence-electron chi connectivity index (χ0n) is 31.5. The van der Waals surface area contributed by atoms with Gasteiger partial charge in [-0.05, 0) is 55.0 Å². The van der Waals surface area contributed by atoms with Crippen LogP contribution in [0.25, 0.3) is 10.9 Å². The number of hydrogen-bond acceptors (Lipinski definition) is 11. The van der Waals surface area contributed by atoms with Crippen molar-refractivity contribution in [1.29, 1.82) is 0 Å². The number of fused-ring (bicyclic) bond motifs is 1. The number of morpholine rings is 1. The summed E-state index contributed by atoms with van der Waals surface area (Å²) in [7, 11) is 0. The number of aromatic amines is 1. The third-order valence-corrected chi connectivity index (χ3v) is 10.9. The van der Waals surface area contributed by atoms with E-state index in [1.165, 1.54) is 11.3 Å². The van der Waals surface area contributed by atoms with Crippen LogP contribution in [0.5, 0.6) is 5.75 Å². The summed E-state index contributed by atoms with van der Waals surface area (Å²) >= 11 is 1.37. The molecular weight excluding hydrogens is 797 g/mol. The number of aromatic nitrogens is 2. The van der Waals surface area contributed by atoms with Crippen LogP contribution in [-0.4, -0.2) is 101 Å². The highest BCUT2D eigenvalue weighted by Crippen LogP contribution is 2.35. The maximum absolute atomic E-state index is 13.3. The molecule has 2 fully saturated rings. The molecule has 2 aromatic carbocycles. The smallest absolute Gasteiger partial charge is 0.449 e. The van der Waals surface area contributed by atoms with Crippen molar-refractivity contribution in [1.82, 2.24) is 25.1 Å². The van der Waals surface area contributed by atoms with E-state index in [1.807, 2.05) is 48.4 Å². The lowest BCUT2D eigenvalue weighted by Gasteiger charge is -2.47. The third kappa shape index (κ3) is 10.4. The number of carbonyl (C=O) groups excluding carboxylic acids is 3. The van der Waals surface area contributed by atoms with E-state index in [0.29, 0.717) is 37.7 Å². The molecule has 1 amide bonds. The lowest BCUT2D eigenvalue weighted by Crippen LogP contribution is -2.57. The predicted octanol–water partition coefficient (Wildman–Crippen LogP) is 6.06. The minimum atomic E-state index is -5.37. The van der Waals surface area contributed by atoms with Gasteiger partial charge in [0.2, 0.25) is 5.56 Å². The first kappa shape index (κ1) is 42.7. The predicted molar refractivity (Wildman–Crippen MR) is 199 cm³/mol. The Hall–Kier alpha value is -4.85. The summed E-state index contributed by atoms with van der Waals surface area (Å²) in [5.74, 6) is -5.61. The first-order valence-electron chi connectivity index (χ1n) is 18.5. The zero-order chi connectivity index (χ0) is 41.8. The maximum Gasteiger partial charge on any atom is 0.491 e. The topological polar surface area (TPSA) is 143 Å². The standard InChI is InChI=1S/C39H41F6N5O7S/c1-23(2)28-21-58-33(47-28)34(52)50-16-17-55-37(22-50)11-14-49(15-12-37)20-25-5-3-4-24(18-25)10-13-46-19-30(57-36(54)39(43,44)45)26-6-8-29(56-35(53)38(40,41)42)32-27(26)7-9-31(51)48-32/h3-9,18,21,23,30,46H,10-17,19-20,22H2,1-2H3,(H,48,51)/t30-/m0/s1. The van der Waals surface area contributed by atoms with Gasteiger partial charge in [-0.3, -0.25) is 14.5 Å². The molecule has 12 nitrogen and oxygen atoms in total. The van der Waals surface area contributed by atoms with E-state index in [1.54, 1.807) is 0 Å². The minimum Gasteiger partial charge on any atom is -0.449 e. The summed E-state index contributed by atoms with van der Waals surface area (Å²) < 4.78 is 94.2. The number of nitrogens with one attached hydrogen (secondary N) is 2. The van der Waals surface area contributed by atoms with Crippen molar-refractivity contribution in [2.24, 2.45) is 0 Å². The van der Waals surface area contributed by atoms with Gasteiger partial charge in [0.1, 0.15) is 6.10 Å². The number of ether oxygens (including phenoxy) is 3. The van der Waals surface area contributed by atoms with Gasteiger partial charge in [0, 0.05) is 55.1 Å². The maximum atomic E-state index is 13.3. The second kappa shape index (κ2) is 17.6. The molecule has 0 bridgehead atoms. The van der Waals surface area contributed by atoms with Crippen LogP contribution in [0.2, 0.25) is 0 Å². The molecule has 1 atom stereocenters. The van der Waals surface area contributed by atoms with Crippen molar-refractivity contribution >= 4 is 40.1 Å². The van der Waals surface area contributed by atoms with E-state index < -0.39 is 52.8 Å². The fourth-order valence-corrected chi connectivity index (χ4v) is 7.96. The van der Waals surface area contributed by atoms with Crippen molar-refractivity contribution in [3.63, 3.8) is 0 Å². The number of carbonyl (C=O) groups is 3. The third-order valence-electron chi connectivity index (χ3n) is 10.1. The molecule has 4 aromatic rings. The van der Waals surface area contributed by atoms with Gasteiger partial charge in [-0.25, -0.2) is 14.6 Å². The van der Waals surface area contributed by atoms with E-state index in [0.717, 1.165) is 67.0 Å². The number of hydrogen-bond donors (Lipinski definition) is 2. The first-order valence-corrected chi connectivity index (χ1v) is 19.4. The monoisotopic (exact) mass is 837 g/mol. The Balaban J connectivity index is 1.06. The molecule has 312 valence electrons. The number of H-pyrrole nitrogens is 1. The van der Waals surface area contributed by atoms with Gasteiger partial charge in [-0.1, -0.05) is 44.2 Å². The van der Waals surface area contributed by atoms with E-state index in [4.69, 9.17) is 9.47 Å². The van der Waals surface area contributed by atoms with Crippen LogP contribution in [0.15, 0.2) is 58.7 Å². The van der Waals surface area contributed by atoms with Crippen LogP contribution in [0.3, 0.4) is 0 Å². The summed E-state index contributed by atoms with van der Waals surface area (Å²) in [6, 6.07) is 11.8. The number of pyridine rings is 1. The van der Waals surface area contributed by atoms with Crippen molar-refractivity contribution in [2.75, 3.05) is 45.9 Å². The average Bonchev–Trinajstić information content (AvgIpc) is 3.68. The number of rotatable bonds is 12. The summed E-state index contributed by atoms with van der Waals surface area (Å²) in [6.07, 6.45) is -10.4. The Morgan fingerprint density at radius 1 is 0.983 bits per heavy atom. The number of benzene rings is 2. The normalized spacial score (nSPS) is 16.8. The van der Waals surface area contributed by atoms with Crippen molar-refractivity contribution in [3.05, 3.63) is 91.7 Å². The Bertz CT molecular complexity index is 2180. The second-order valence-electron chi connectivity index (χ2n) is 14.6. The van der Waals surface area contributed by atoms with Crippen molar-refractivity contribution in [3.8, 4) is 5.75 Å². The Labute approximate surface area is 332 Å². The van der Waals surface area contributed by atoms with Gasteiger partial charge in [0.25, 0.3) is 5.91 Å². The molecule has 0 radical (unpaired) electrons. The molecule has 6 rings (SSSR count). The highest BCUT2D eigenvalue weighted by Gasteiger charge is 2.44. The van der Waals surface area contributed by atoms with E-state index in [2.05, 4.69) is 24.9 Å². The highest BCUT2D eigenvalue weighted by atomic mass is 32.1. The lowest BCUT2D eigenvalue weighted by molar-refractivity contribution is -0.205. The summed E-state index contributed by atoms with van der Waals surface area (Å²) in [6.45, 7) is 7.63. The SMILES string of the molecule is CC(C)c1csc(C(=O)N2CCOC3(CCN(Cc4cccc(CCNC[C@H](OC(=O)C(F)(F)F)c5ccc(OC(=O)C(F)(F)F)c6[nH]c(=O)ccc56)c4)CC3)C2)n1. The number of nitrogens with zero attached hydrogens (tertiary/aromatic N) is 3. The average molecular weight is 838 g/mol. The molecule has 2 aromatic heterocycles. The van der Waals surface area contributed by atoms with Gasteiger partial charge >= 0.3 is 24.3 Å². The zero-order valence-corrected chi connectivity index (χ0v) is 32.3. The van der Waals surface area contributed by atoms with Crippen LogP contribution in [0.1, 0.15) is 70.9 Å². The van der Waals surface area contributed by atoms with Crippen LogP contribution < -0.4 is 15.6 Å². The summed E-state index contributed by atoms with van der Waals surface area (Å²) in [4.78, 5) is 59.8. The van der Waals surface area contributed by atoms with E-state index >= 15 is 0 Å². The fourth-order valence-electron chi connectivity index (χ4n) is 7.01. The molecule has 2 N–H and O–H groups in total. The van der Waals surface area contributed by atoms with Gasteiger partial charge in [0.05, 0.1) is 30.0 Å². The van der Waals surface area contributed by atoms with E-state index in [9.17, 15) is 45.5 Å². The largest absolute Gasteiger partial charge is 0.491 e. The molecule has 0 aliphatic carbocycles. The molecule has 0 unspecified atom stereocenters. The van der Waals surface area contributed by atoms with E-state index in [-0.39, 0.29) is 35.9 Å². The Kier molecular flexibility index (Phi) is 12.9. The summed E-state index contributed by atoms with van der Waals surface area (Å²) in [5, 5.41) is 5.31.